The summed E-state index contributed by atoms with van der Waals surface area (Å²) in [6.45, 7) is 4.17. The summed E-state index contributed by atoms with van der Waals surface area (Å²) in [5.41, 5.74) is 1.09. The van der Waals surface area contributed by atoms with Gasteiger partial charge in [0, 0.05) is 32.0 Å². The smallest absolute Gasteiger partial charge is 0.143 e. The molecule has 0 aliphatic carbocycles. The number of nitrogens with zero attached hydrogens (tertiary/aromatic N) is 3. The number of nitrogens with one attached hydrogen (secondary N) is 1. The van der Waals surface area contributed by atoms with Crippen LogP contribution in [-0.2, 0) is 6.54 Å². The van der Waals surface area contributed by atoms with Crippen molar-refractivity contribution >= 4 is 0 Å². The minimum absolute atomic E-state index is 0.301. The van der Waals surface area contributed by atoms with Gasteiger partial charge in [0.2, 0.25) is 0 Å². The summed E-state index contributed by atoms with van der Waals surface area (Å²) in [6, 6.07) is 8.28. The van der Waals surface area contributed by atoms with Crippen LogP contribution >= 0.6 is 0 Å². The lowest BCUT2D eigenvalue weighted by molar-refractivity contribution is 0.115. The number of para-hydroxylation sites is 1. The van der Waals surface area contributed by atoms with Gasteiger partial charge in [-0.3, -0.25) is 0 Å². The number of imidazole rings is 1. The van der Waals surface area contributed by atoms with Crippen molar-refractivity contribution < 1.29 is 4.74 Å². The third-order valence-electron chi connectivity index (χ3n) is 4.63. The number of hydrogen-bond donors (Lipinski definition) is 1. The molecule has 24 heavy (non-hydrogen) atoms. The predicted molar refractivity (Wildman–Crippen MR) is 97.4 cm³/mol. The molecule has 5 heteroatoms. The van der Waals surface area contributed by atoms with Crippen molar-refractivity contribution in [3.05, 3.63) is 36.7 Å². The summed E-state index contributed by atoms with van der Waals surface area (Å²) in [6.07, 6.45) is 7.48. The fourth-order valence-corrected chi connectivity index (χ4v) is 3.20. The Morgan fingerprint density at radius 2 is 2.04 bits per heavy atom. The van der Waals surface area contributed by atoms with Gasteiger partial charge in [0.05, 0.1) is 5.56 Å². The number of aromatic nitrogens is 2. The first-order valence-corrected chi connectivity index (χ1v) is 8.88. The summed E-state index contributed by atoms with van der Waals surface area (Å²) in [7, 11) is 4.16. The summed E-state index contributed by atoms with van der Waals surface area (Å²) in [5.74, 6) is 1.95. The second-order valence-corrected chi connectivity index (χ2v) is 6.52. The van der Waals surface area contributed by atoms with Crippen molar-refractivity contribution in [1.29, 1.82) is 0 Å². The molecule has 5 nitrogen and oxygen atoms in total. The lowest BCUT2D eigenvalue weighted by atomic mass is 10.1. The van der Waals surface area contributed by atoms with E-state index in [1.807, 2.05) is 19.3 Å². The zero-order valence-corrected chi connectivity index (χ0v) is 14.7. The highest BCUT2D eigenvalue weighted by Gasteiger charge is 2.20. The monoisotopic (exact) mass is 328 g/mol. The van der Waals surface area contributed by atoms with Gasteiger partial charge in [-0.15, -0.1) is 0 Å². The highest BCUT2D eigenvalue weighted by atomic mass is 16.5. The molecule has 2 aromatic rings. The summed E-state index contributed by atoms with van der Waals surface area (Å²) < 4.78 is 8.56. The molecule has 0 spiro atoms. The van der Waals surface area contributed by atoms with Gasteiger partial charge in [-0.1, -0.05) is 12.1 Å². The van der Waals surface area contributed by atoms with E-state index in [2.05, 4.69) is 51.2 Å². The Kier molecular flexibility index (Phi) is 5.88. The van der Waals surface area contributed by atoms with Gasteiger partial charge in [-0.05, 0) is 52.0 Å². The SMILES string of the molecule is CNCCCn1ccnc1-c1ccccc1OC1CCN(C)CC1. The van der Waals surface area contributed by atoms with Crippen LogP contribution in [0.5, 0.6) is 5.75 Å². The van der Waals surface area contributed by atoms with Gasteiger partial charge in [-0.2, -0.15) is 0 Å². The van der Waals surface area contributed by atoms with Crippen molar-refractivity contribution in [2.45, 2.75) is 31.9 Å². The summed E-state index contributed by atoms with van der Waals surface area (Å²) in [4.78, 5) is 6.95. The number of piperidine rings is 1. The maximum atomic E-state index is 6.35. The van der Waals surface area contributed by atoms with Crippen molar-refractivity contribution in [3.8, 4) is 17.1 Å². The van der Waals surface area contributed by atoms with Crippen LogP contribution in [0.25, 0.3) is 11.4 Å². The van der Waals surface area contributed by atoms with E-state index in [1.54, 1.807) is 0 Å². The largest absolute Gasteiger partial charge is 0.490 e. The maximum absolute atomic E-state index is 6.35. The minimum atomic E-state index is 0.301. The second kappa shape index (κ2) is 8.31. The fourth-order valence-electron chi connectivity index (χ4n) is 3.20. The van der Waals surface area contributed by atoms with E-state index in [-0.39, 0.29) is 0 Å². The normalized spacial score (nSPS) is 16.4. The average Bonchev–Trinajstić information content (AvgIpc) is 3.06. The van der Waals surface area contributed by atoms with Crippen LogP contribution in [0, 0.1) is 0 Å². The molecule has 2 heterocycles. The standard InChI is InChI=1S/C19H28N4O/c1-20-10-5-12-23-15-11-21-19(23)17-6-3-4-7-18(17)24-16-8-13-22(2)14-9-16/h3-4,6-7,11,15-16,20H,5,8-10,12-14H2,1-2H3. The molecule has 1 aromatic heterocycles. The van der Waals surface area contributed by atoms with Crippen molar-refractivity contribution in [2.75, 3.05) is 33.7 Å². The molecule has 0 atom stereocenters. The molecular formula is C19H28N4O. The molecule has 1 saturated heterocycles. The number of aryl methyl sites for hydroxylation is 1. The molecular weight excluding hydrogens is 300 g/mol. The Morgan fingerprint density at radius 1 is 1.25 bits per heavy atom. The number of rotatable bonds is 7. The maximum Gasteiger partial charge on any atom is 0.143 e. The Hall–Kier alpha value is -1.85. The predicted octanol–water partition coefficient (Wildman–Crippen LogP) is 2.63. The first-order valence-electron chi connectivity index (χ1n) is 8.88. The van der Waals surface area contributed by atoms with Gasteiger partial charge < -0.3 is 19.5 Å². The zero-order chi connectivity index (χ0) is 16.8. The van der Waals surface area contributed by atoms with Gasteiger partial charge in [-0.25, -0.2) is 4.98 Å². The van der Waals surface area contributed by atoms with Crippen molar-refractivity contribution in [3.63, 3.8) is 0 Å². The minimum Gasteiger partial charge on any atom is -0.490 e. The molecule has 0 bridgehead atoms. The number of hydrogen-bond acceptors (Lipinski definition) is 4. The Morgan fingerprint density at radius 3 is 2.83 bits per heavy atom. The van der Waals surface area contributed by atoms with E-state index in [4.69, 9.17) is 4.74 Å². The summed E-state index contributed by atoms with van der Waals surface area (Å²) >= 11 is 0. The first-order chi connectivity index (χ1) is 11.8. The molecule has 1 fully saturated rings. The Balaban J connectivity index is 1.76. The zero-order valence-electron chi connectivity index (χ0n) is 14.7. The number of likely N-dealkylation sites (tertiary alicyclic amines) is 1. The summed E-state index contributed by atoms with van der Waals surface area (Å²) in [5, 5.41) is 3.20. The van der Waals surface area contributed by atoms with Crippen LogP contribution in [0.1, 0.15) is 19.3 Å². The first kappa shape index (κ1) is 17.0. The van der Waals surface area contributed by atoms with Crippen molar-refractivity contribution in [2.24, 2.45) is 0 Å². The molecule has 1 aromatic carbocycles. The van der Waals surface area contributed by atoms with E-state index < -0.39 is 0 Å². The van der Waals surface area contributed by atoms with E-state index in [1.165, 1.54) is 0 Å². The molecule has 0 unspecified atom stereocenters. The molecule has 1 aliphatic rings. The van der Waals surface area contributed by atoms with Crippen LogP contribution < -0.4 is 10.1 Å². The lowest BCUT2D eigenvalue weighted by Crippen LogP contribution is -2.35. The number of benzene rings is 1. The van der Waals surface area contributed by atoms with E-state index in [9.17, 15) is 0 Å². The Labute approximate surface area is 144 Å². The molecule has 1 aliphatic heterocycles. The van der Waals surface area contributed by atoms with Crippen LogP contribution in [-0.4, -0.2) is 54.3 Å². The fraction of sp³-hybridized carbons (Fsp3) is 0.526. The van der Waals surface area contributed by atoms with E-state index in [0.717, 1.165) is 62.6 Å². The molecule has 130 valence electrons. The van der Waals surface area contributed by atoms with E-state index in [0.29, 0.717) is 6.10 Å². The molecule has 3 rings (SSSR count). The third-order valence-corrected chi connectivity index (χ3v) is 4.63. The van der Waals surface area contributed by atoms with Crippen molar-refractivity contribution in [1.82, 2.24) is 19.8 Å². The van der Waals surface area contributed by atoms with Crippen LogP contribution in [0.3, 0.4) is 0 Å². The quantitative estimate of drug-likeness (QED) is 0.794. The van der Waals surface area contributed by atoms with Gasteiger partial charge in [0.15, 0.2) is 0 Å². The third kappa shape index (κ3) is 4.16. The highest BCUT2D eigenvalue weighted by Crippen LogP contribution is 2.30. The van der Waals surface area contributed by atoms with Crippen LogP contribution in [0.2, 0.25) is 0 Å². The van der Waals surface area contributed by atoms with Gasteiger partial charge in [0.1, 0.15) is 17.7 Å². The lowest BCUT2D eigenvalue weighted by Gasteiger charge is -2.29. The molecule has 0 amide bonds. The highest BCUT2D eigenvalue weighted by molar-refractivity contribution is 5.64. The molecule has 0 saturated carbocycles. The average molecular weight is 328 g/mol. The Bertz CT molecular complexity index is 632. The van der Waals surface area contributed by atoms with E-state index >= 15 is 0 Å². The second-order valence-electron chi connectivity index (χ2n) is 6.52. The molecule has 1 N–H and O–H groups in total. The van der Waals surface area contributed by atoms with Gasteiger partial charge in [0.25, 0.3) is 0 Å². The van der Waals surface area contributed by atoms with Crippen LogP contribution in [0.15, 0.2) is 36.7 Å². The molecule has 0 radical (unpaired) electrons. The number of ether oxygens (including phenoxy) is 1. The van der Waals surface area contributed by atoms with Crippen LogP contribution in [0.4, 0.5) is 0 Å². The topological polar surface area (TPSA) is 42.3 Å². The van der Waals surface area contributed by atoms with Gasteiger partial charge >= 0.3 is 0 Å².